The molecule has 0 aliphatic rings. The van der Waals surface area contributed by atoms with E-state index in [2.05, 4.69) is 15.5 Å². The van der Waals surface area contributed by atoms with Crippen molar-refractivity contribution in [3.05, 3.63) is 41.0 Å². The largest absolute Gasteiger partial charge is 0.493 e. The van der Waals surface area contributed by atoms with Crippen molar-refractivity contribution < 1.29 is 23.4 Å². The zero-order valence-corrected chi connectivity index (χ0v) is 19.2. The van der Waals surface area contributed by atoms with Gasteiger partial charge in [-0.25, -0.2) is 0 Å². The zero-order chi connectivity index (χ0) is 22.5. The van der Waals surface area contributed by atoms with Gasteiger partial charge in [0, 0.05) is 11.3 Å². The SMILES string of the molecule is COc1cc(-c2nnc(SCC(=O)Nc3c(C)cc(C)cc3C)o2)cc(OC)c1OC. The number of amides is 1. The summed E-state index contributed by atoms with van der Waals surface area (Å²) < 4.78 is 21.8. The van der Waals surface area contributed by atoms with Crippen LogP contribution in [0.2, 0.25) is 0 Å². The Kier molecular flexibility index (Phi) is 7.06. The van der Waals surface area contributed by atoms with E-state index in [0.717, 1.165) is 22.4 Å². The number of thioether (sulfide) groups is 1. The van der Waals surface area contributed by atoms with Gasteiger partial charge >= 0.3 is 0 Å². The lowest BCUT2D eigenvalue weighted by Gasteiger charge is -2.12. The van der Waals surface area contributed by atoms with Crippen LogP contribution in [-0.2, 0) is 4.79 Å². The number of nitrogens with zero attached hydrogens (tertiary/aromatic N) is 2. The number of benzene rings is 2. The smallest absolute Gasteiger partial charge is 0.277 e. The summed E-state index contributed by atoms with van der Waals surface area (Å²) in [7, 11) is 4.60. The molecule has 0 saturated carbocycles. The molecule has 164 valence electrons. The van der Waals surface area contributed by atoms with Crippen LogP contribution < -0.4 is 19.5 Å². The minimum absolute atomic E-state index is 0.143. The fourth-order valence-electron chi connectivity index (χ4n) is 3.27. The Labute approximate surface area is 185 Å². The van der Waals surface area contributed by atoms with Gasteiger partial charge in [-0.1, -0.05) is 29.5 Å². The van der Waals surface area contributed by atoms with Gasteiger partial charge in [0.1, 0.15) is 0 Å². The summed E-state index contributed by atoms with van der Waals surface area (Å²) in [6.07, 6.45) is 0. The Hall–Kier alpha value is -3.20. The number of aryl methyl sites for hydroxylation is 3. The van der Waals surface area contributed by atoms with E-state index in [1.807, 2.05) is 32.9 Å². The predicted octanol–water partition coefficient (Wildman–Crippen LogP) is 4.42. The summed E-state index contributed by atoms with van der Waals surface area (Å²) in [6, 6.07) is 7.52. The molecule has 31 heavy (non-hydrogen) atoms. The molecule has 0 unspecified atom stereocenters. The lowest BCUT2D eigenvalue weighted by atomic mass is 10.1. The average Bonchev–Trinajstić information content (AvgIpc) is 3.22. The van der Waals surface area contributed by atoms with Gasteiger partial charge in [-0.3, -0.25) is 4.79 Å². The molecule has 0 bridgehead atoms. The molecule has 0 aliphatic heterocycles. The zero-order valence-electron chi connectivity index (χ0n) is 18.4. The van der Waals surface area contributed by atoms with E-state index in [1.54, 1.807) is 12.1 Å². The second-order valence-electron chi connectivity index (χ2n) is 6.90. The van der Waals surface area contributed by atoms with Crippen molar-refractivity contribution in [1.82, 2.24) is 10.2 Å². The molecule has 0 radical (unpaired) electrons. The summed E-state index contributed by atoms with van der Waals surface area (Å²) >= 11 is 1.17. The Morgan fingerprint density at radius 2 is 1.58 bits per heavy atom. The summed E-state index contributed by atoms with van der Waals surface area (Å²) in [5.41, 5.74) is 4.66. The molecule has 8 nitrogen and oxygen atoms in total. The maximum Gasteiger partial charge on any atom is 0.277 e. The number of methoxy groups -OCH3 is 3. The molecular formula is C22H25N3O5S. The molecule has 0 fully saturated rings. The number of rotatable bonds is 8. The van der Waals surface area contributed by atoms with Crippen molar-refractivity contribution in [2.75, 3.05) is 32.4 Å². The first-order chi connectivity index (χ1) is 14.9. The highest BCUT2D eigenvalue weighted by Crippen LogP contribution is 2.41. The van der Waals surface area contributed by atoms with Crippen LogP contribution in [0.4, 0.5) is 5.69 Å². The number of carbonyl (C=O) groups excluding carboxylic acids is 1. The second kappa shape index (κ2) is 9.74. The highest BCUT2D eigenvalue weighted by atomic mass is 32.2. The maximum atomic E-state index is 12.4. The van der Waals surface area contributed by atoms with Gasteiger partial charge in [-0.2, -0.15) is 0 Å². The lowest BCUT2D eigenvalue weighted by Crippen LogP contribution is -2.15. The van der Waals surface area contributed by atoms with Crippen LogP contribution in [0.3, 0.4) is 0 Å². The van der Waals surface area contributed by atoms with Crippen molar-refractivity contribution >= 4 is 23.4 Å². The normalized spacial score (nSPS) is 10.6. The summed E-state index contributed by atoms with van der Waals surface area (Å²) in [5, 5.41) is 11.3. The van der Waals surface area contributed by atoms with Crippen molar-refractivity contribution in [2.24, 2.45) is 0 Å². The van der Waals surface area contributed by atoms with E-state index in [9.17, 15) is 4.79 Å². The molecule has 0 saturated heterocycles. The third kappa shape index (κ3) is 5.11. The Morgan fingerprint density at radius 3 is 2.13 bits per heavy atom. The van der Waals surface area contributed by atoms with E-state index in [1.165, 1.54) is 33.1 Å². The van der Waals surface area contributed by atoms with E-state index < -0.39 is 0 Å². The average molecular weight is 444 g/mol. The fraction of sp³-hybridized carbons (Fsp3) is 0.318. The molecule has 3 rings (SSSR count). The van der Waals surface area contributed by atoms with Crippen molar-refractivity contribution in [3.63, 3.8) is 0 Å². The van der Waals surface area contributed by atoms with Gasteiger partial charge in [-0.05, 0) is 44.0 Å². The third-order valence-electron chi connectivity index (χ3n) is 4.59. The Balaban J connectivity index is 1.70. The van der Waals surface area contributed by atoms with E-state index in [0.29, 0.717) is 22.8 Å². The first-order valence-corrected chi connectivity index (χ1v) is 10.5. The monoisotopic (exact) mass is 443 g/mol. The quantitative estimate of drug-likeness (QED) is 0.511. The van der Waals surface area contributed by atoms with Crippen LogP contribution in [-0.4, -0.2) is 43.2 Å². The number of hydrogen-bond acceptors (Lipinski definition) is 8. The highest BCUT2D eigenvalue weighted by Gasteiger charge is 2.18. The fourth-order valence-corrected chi connectivity index (χ4v) is 3.83. The number of aromatic nitrogens is 2. The molecule has 1 amide bonds. The van der Waals surface area contributed by atoms with Gasteiger partial charge in [0.2, 0.25) is 17.5 Å². The first-order valence-electron chi connectivity index (χ1n) is 9.50. The molecule has 1 heterocycles. The summed E-state index contributed by atoms with van der Waals surface area (Å²) in [5.74, 6) is 1.71. The Bertz CT molecular complexity index is 1050. The molecule has 0 atom stereocenters. The van der Waals surface area contributed by atoms with Gasteiger partial charge in [0.25, 0.3) is 5.22 Å². The standard InChI is InChI=1S/C22H25N3O5S/c1-12-7-13(2)19(14(3)8-12)23-18(26)11-31-22-25-24-21(30-22)15-9-16(27-4)20(29-6)17(10-15)28-5/h7-10H,11H2,1-6H3,(H,23,26). The molecule has 2 aromatic carbocycles. The van der Waals surface area contributed by atoms with Crippen molar-refractivity contribution in [2.45, 2.75) is 26.0 Å². The van der Waals surface area contributed by atoms with Crippen LogP contribution in [0.25, 0.3) is 11.5 Å². The second-order valence-corrected chi connectivity index (χ2v) is 7.82. The molecule has 1 N–H and O–H groups in total. The van der Waals surface area contributed by atoms with Crippen molar-refractivity contribution in [1.29, 1.82) is 0 Å². The number of ether oxygens (including phenoxy) is 3. The number of nitrogens with one attached hydrogen (secondary N) is 1. The Morgan fingerprint density at radius 1 is 0.968 bits per heavy atom. The van der Waals surface area contributed by atoms with E-state index >= 15 is 0 Å². The number of anilines is 1. The topological polar surface area (TPSA) is 95.7 Å². The lowest BCUT2D eigenvalue weighted by molar-refractivity contribution is -0.113. The van der Waals surface area contributed by atoms with Crippen LogP contribution in [0.1, 0.15) is 16.7 Å². The van der Waals surface area contributed by atoms with Gasteiger partial charge in [0.05, 0.1) is 27.1 Å². The highest BCUT2D eigenvalue weighted by molar-refractivity contribution is 7.99. The van der Waals surface area contributed by atoms with Gasteiger partial charge < -0.3 is 23.9 Å². The summed E-state index contributed by atoms with van der Waals surface area (Å²) in [4.78, 5) is 12.4. The van der Waals surface area contributed by atoms with E-state index in [-0.39, 0.29) is 22.8 Å². The van der Waals surface area contributed by atoms with E-state index in [4.69, 9.17) is 18.6 Å². The minimum Gasteiger partial charge on any atom is -0.493 e. The van der Waals surface area contributed by atoms with Crippen LogP contribution in [0.15, 0.2) is 33.9 Å². The van der Waals surface area contributed by atoms with Gasteiger partial charge in [-0.15, -0.1) is 10.2 Å². The summed E-state index contributed by atoms with van der Waals surface area (Å²) in [6.45, 7) is 5.98. The molecule has 1 aromatic heterocycles. The molecule has 0 spiro atoms. The minimum atomic E-state index is -0.146. The molecule has 9 heteroatoms. The molecule has 0 aliphatic carbocycles. The third-order valence-corrected chi connectivity index (χ3v) is 5.40. The van der Waals surface area contributed by atoms with Crippen molar-refractivity contribution in [3.8, 4) is 28.7 Å². The van der Waals surface area contributed by atoms with Crippen LogP contribution in [0, 0.1) is 20.8 Å². The molecule has 3 aromatic rings. The van der Waals surface area contributed by atoms with Gasteiger partial charge in [0.15, 0.2) is 11.5 Å². The molecular weight excluding hydrogens is 418 g/mol. The predicted molar refractivity (Wildman–Crippen MR) is 119 cm³/mol. The first kappa shape index (κ1) is 22.5. The maximum absolute atomic E-state index is 12.4. The van der Waals surface area contributed by atoms with Crippen LogP contribution >= 0.6 is 11.8 Å². The van der Waals surface area contributed by atoms with Crippen LogP contribution in [0.5, 0.6) is 17.2 Å². The number of carbonyl (C=O) groups is 1. The number of hydrogen-bond donors (Lipinski definition) is 1.